The molecule has 0 fully saturated rings. The first kappa shape index (κ1) is 19.5. The van der Waals surface area contributed by atoms with Gasteiger partial charge in [-0.25, -0.2) is 4.79 Å². The minimum Gasteiger partial charge on any atom is -0.324 e. The van der Waals surface area contributed by atoms with Gasteiger partial charge in [0.1, 0.15) is 6.04 Å². The van der Waals surface area contributed by atoms with Gasteiger partial charge in [-0.3, -0.25) is 4.79 Å². The summed E-state index contributed by atoms with van der Waals surface area (Å²) >= 11 is 5.88. The lowest BCUT2D eigenvalue weighted by atomic mass is 9.99. The van der Waals surface area contributed by atoms with Crippen LogP contribution < -0.4 is 10.6 Å². The third-order valence-electron chi connectivity index (χ3n) is 5.26. The van der Waals surface area contributed by atoms with Gasteiger partial charge in [0.2, 0.25) is 0 Å². The molecule has 150 valence electrons. The van der Waals surface area contributed by atoms with Crippen LogP contribution in [0.3, 0.4) is 0 Å². The molecule has 0 radical (unpaired) electrons. The number of hydrogen-bond acceptors (Lipinski definition) is 3. The van der Waals surface area contributed by atoms with Gasteiger partial charge in [-0.1, -0.05) is 29.8 Å². The number of hydrogen-bond donors (Lipinski definition) is 2. The van der Waals surface area contributed by atoms with E-state index in [0.717, 1.165) is 25.2 Å². The number of fused-ring (bicyclic) bond motifs is 1. The number of urea groups is 1. The van der Waals surface area contributed by atoms with Crippen LogP contribution >= 0.6 is 11.6 Å². The van der Waals surface area contributed by atoms with Crippen LogP contribution in [0.15, 0.2) is 54.6 Å². The predicted octanol–water partition coefficient (Wildman–Crippen LogP) is 3.74. The maximum Gasteiger partial charge on any atom is 0.323 e. The second kappa shape index (κ2) is 8.27. The third-order valence-corrected chi connectivity index (χ3v) is 5.51. The summed E-state index contributed by atoms with van der Waals surface area (Å²) in [6.07, 6.45) is 4.55. The number of nitrogens with one attached hydrogen (secondary N) is 2. The summed E-state index contributed by atoms with van der Waals surface area (Å²) in [6, 6.07) is 11.9. The van der Waals surface area contributed by atoms with E-state index in [1.165, 1.54) is 16.0 Å². The lowest BCUT2D eigenvalue weighted by Crippen LogP contribution is -2.45. The average Bonchev–Trinajstić information content (AvgIpc) is 3.20. The number of likely N-dealkylation sites (N-methyl/N-ethyl adjacent to an activating group) is 1. The Morgan fingerprint density at radius 1 is 1.03 bits per heavy atom. The van der Waals surface area contributed by atoms with Crippen molar-refractivity contribution in [2.75, 3.05) is 30.8 Å². The lowest BCUT2D eigenvalue weighted by molar-refractivity contribution is -0.118. The Morgan fingerprint density at radius 2 is 1.79 bits per heavy atom. The van der Waals surface area contributed by atoms with Crippen LogP contribution in [0.2, 0.25) is 5.02 Å². The summed E-state index contributed by atoms with van der Waals surface area (Å²) in [6.45, 7) is 2.32. The maximum atomic E-state index is 12.8. The highest BCUT2D eigenvalue weighted by Gasteiger charge is 2.30. The van der Waals surface area contributed by atoms with Crippen molar-refractivity contribution < 1.29 is 9.59 Å². The Hall–Kier alpha value is -2.83. The lowest BCUT2D eigenvalue weighted by Gasteiger charge is -2.26. The molecule has 0 aliphatic carbocycles. The highest BCUT2D eigenvalue weighted by Crippen LogP contribution is 2.23. The van der Waals surface area contributed by atoms with Crippen molar-refractivity contribution in [2.24, 2.45) is 0 Å². The van der Waals surface area contributed by atoms with Crippen LogP contribution in [-0.2, 0) is 17.8 Å². The molecule has 0 saturated heterocycles. The quantitative estimate of drug-likeness (QED) is 0.757. The number of amides is 3. The average molecular weight is 411 g/mol. The van der Waals surface area contributed by atoms with E-state index in [4.69, 9.17) is 11.6 Å². The van der Waals surface area contributed by atoms with Gasteiger partial charge in [-0.2, -0.15) is 0 Å². The van der Waals surface area contributed by atoms with Crippen LogP contribution in [0.25, 0.3) is 0 Å². The Balaban J connectivity index is 1.41. The standard InChI is InChI=1S/C22H23ClN4O2/c1-26-12-10-15-13-19(7-4-16(15)14-26)24-21(28)20-3-2-11-27(20)22(29)25-18-8-5-17(23)6-9-18/h2-9,13,20H,10-12,14H2,1H3,(H,24,28)(H,25,29). The van der Waals surface area contributed by atoms with Crippen molar-refractivity contribution in [3.63, 3.8) is 0 Å². The van der Waals surface area contributed by atoms with Crippen LogP contribution in [0.4, 0.5) is 16.2 Å². The smallest absolute Gasteiger partial charge is 0.323 e. The van der Waals surface area contributed by atoms with E-state index in [0.29, 0.717) is 17.3 Å². The van der Waals surface area contributed by atoms with Crippen molar-refractivity contribution >= 4 is 34.9 Å². The first-order valence-corrected chi connectivity index (χ1v) is 9.98. The fraction of sp³-hybridized carbons (Fsp3) is 0.273. The van der Waals surface area contributed by atoms with Crippen molar-refractivity contribution in [1.82, 2.24) is 9.80 Å². The number of halogens is 1. The first-order valence-electron chi connectivity index (χ1n) is 9.61. The molecule has 0 aromatic heterocycles. The zero-order valence-electron chi connectivity index (χ0n) is 16.2. The molecule has 3 amide bonds. The molecule has 7 heteroatoms. The van der Waals surface area contributed by atoms with Crippen LogP contribution in [0, 0.1) is 0 Å². The number of benzene rings is 2. The van der Waals surface area contributed by atoms with E-state index in [1.54, 1.807) is 30.3 Å². The summed E-state index contributed by atoms with van der Waals surface area (Å²) in [5.41, 5.74) is 3.95. The molecule has 2 aromatic carbocycles. The second-order valence-corrected chi connectivity index (χ2v) is 7.86. The molecule has 0 saturated carbocycles. The molecule has 0 bridgehead atoms. The zero-order chi connectivity index (χ0) is 20.4. The van der Waals surface area contributed by atoms with Crippen molar-refractivity contribution in [1.29, 1.82) is 0 Å². The second-order valence-electron chi connectivity index (χ2n) is 7.42. The van der Waals surface area contributed by atoms with Gasteiger partial charge in [0.05, 0.1) is 0 Å². The summed E-state index contributed by atoms with van der Waals surface area (Å²) < 4.78 is 0. The molecule has 1 unspecified atom stereocenters. The van der Waals surface area contributed by atoms with Gasteiger partial charge in [0.15, 0.2) is 0 Å². The number of carbonyl (C=O) groups is 2. The first-order chi connectivity index (χ1) is 14.0. The number of nitrogens with zero attached hydrogens (tertiary/aromatic N) is 2. The van der Waals surface area contributed by atoms with Crippen molar-refractivity contribution in [2.45, 2.75) is 19.0 Å². The topological polar surface area (TPSA) is 64.7 Å². The fourth-order valence-corrected chi connectivity index (χ4v) is 3.80. The Labute approximate surface area is 175 Å². The van der Waals surface area contributed by atoms with Crippen LogP contribution in [0.1, 0.15) is 11.1 Å². The Bertz CT molecular complexity index is 958. The molecule has 29 heavy (non-hydrogen) atoms. The van der Waals surface area contributed by atoms with Crippen LogP contribution in [0.5, 0.6) is 0 Å². The van der Waals surface area contributed by atoms with Gasteiger partial charge in [-0.15, -0.1) is 0 Å². The minimum atomic E-state index is -0.649. The van der Waals surface area contributed by atoms with Crippen LogP contribution in [-0.4, -0.2) is 47.9 Å². The maximum absolute atomic E-state index is 12.8. The monoisotopic (exact) mass is 410 g/mol. The van der Waals surface area contributed by atoms with E-state index < -0.39 is 6.04 Å². The Kier molecular flexibility index (Phi) is 5.56. The van der Waals surface area contributed by atoms with Gasteiger partial charge in [-0.05, 0) is 61.0 Å². The summed E-state index contributed by atoms with van der Waals surface area (Å²) in [4.78, 5) is 29.3. The zero-order valence-corrected chi connectivity index (χ0v) is 16.9. The van der Waals surface area contributed by atoms with Gasteiger partial charge in [0, 0.05) is 36.0 Å². The molecule has 2 aliphatic heterocycles. The van der Waals surface area contributed by atoms with Crippen molar-refractivity contribution in [3.05, 3.63) is 70.8 Å². The largest absolute Gasteiger partial charge is 0.324 e. The fourth-order valence-electron chi connectivity index (χ4n) is 3.68. The molecule has 2 N–H and O–H groups in total. The van der Waals surface area contributed by atoms with Gasteiger partial charge in [0.25, 0.3) is 5.91 Å². The summed E-state index contributed by atoms with van der Waals surface area (Å²) in [5.74, 6) is -0.224. The highest BCUT2D eigenvalue weighted by molar-refractivity contribution is 6.30. The van der Waals surface area contributed by atoms with E-state index >= 15 is 0 Å². The van der Waals surface area contributed by atoms with Crippen molar-refractivity contribution in [3.8, 4) is 0 Å². The molecule has 6 nitrogen and oxygen atoms in total. The normalized spacial score (nSPS) is 18.4. The van der Waals surface area contributed by atoms with E-state index in [2.05, 4.69) is 28.6 Å². The molecular formula is C22H23ClN4O2. The highest BCUT2D eigenvalue weighted by atomic mass is 35.5. The minimum absolute atomic E-state index is 0.224. The third kappa shape index (κ3) is 4.44. The SMILES string of the molecule is CN1CCc2cc(NC(=O)C3C=CCN3C(=O)Nc3ccc(Cl)cc3)ccc2C1. The summed E-state index contributed by atoms with van der Waals surface area (Å²) in [5, 5.41) is 6.36. The molecule has 1 atom stereocenters. The molecule has 4 rings (SSSR count). The number of carbonyl (C=O) groups excluding carboxylic acids is 2. The Morgan fingerprint density at radius 3 is 2.59 bits per heavy atom. The number of anilines is 2. The van der Waals surface area contributed by atoms with E-state index in [-0.39, 0.29) is 11.9 Å². The summed E-state index contributed by atoms with van der Waals surface area (Å²) in [7, 11) is 2.11. The molecule has 2 aliphatic rings. The molecular weight excluding hydrogens is 388 g/mol. The number of rotatable bonds is 3. The predicted molar refractivity (Wildman–Crippen MR) is 115 cm³/mol. The van der Waals surface area contributed by atoms with Gasteiger partial charge >= 0.3 is 6.03 Å². The molecule has 0 spiro atoms. The van der Waals surface area contributed by atoms with Gasteiger partial charge < -0.3 is 20.4 Å². The van der Waals surface area contributed by atoms with E-state index in [1.807, 2.05) is 18.2 Å². The van der Waals surface area contributed by atoms with E-state index in [9.17, 15) is 9.59 Å². The molecule has 2 heterocycles. The molecule has 2 aromatic rings.